The lowest BCUT2D eigenvalue weighted by Gasteiger charge is -2.25. The summed E-state index contributed by atoms with van der Waals surface area (Å²) in [6.07, 6.45) is 5.07. The summed E-state index contributed by atoms with van der Waals surface area (Å²) in [4.78, 5) is 101. The number of aryl methyl sites for hydroxylation is 2. The number of anilines is 1. The molecule has 2 aliphatic rings. The molecule has 6 N–H and O–H groups in total. The second-order valence-corrected chi connectivity index (χ2v) is 30.4. The number of ketones is 1. The fraction of sp³-hybridized carbons (Fsp3) is 0.463. The molecule has 508 valence electrons. The molecule has 0 bridgehead atoms. The molecule has 2 aliphatic heterocycles. The first-order valence-corrected chi connectivity index (χ1v) is 37.4. The number of hydrogen-bond donors (Lipinski definition) is 6. The van der Waals surface area contributed by atoms with Crippen molar-refractivity contribution in [3.63, 3.8) is 0 Å². The number of carbonyl (C=O) groups excluding carboxylic acids is 4. The van der Waals surface area contributed by atoms with Crippen LogP contribution in [0.15, 0.2) is 88.6 Å². The summed E-state index contributed by atoms with van der Waals surface area (Å²) in [6, 6.07) is 22.9. The topological polar surface area (TPSA) is 285 Å². The third-order valence-corrected chi connectivity index (χ3v) is 20.6. The molecule has 0 aliphatic carbocycles. The second-order valence-electron chi connectivity index (χ2n) is 23.2. The lowest BCUT2D eigenvalue weighted by atomic mass is 9.87. The molecule has 22 nitrogen and oxygen atoms in total. The quantitative estimate of drug-likeness (QED) is 0.00722. The van der Waals surface area contributed by atoms with Crippen molar-refractivity contribution in [1.82, 2.24) is 25.1 Å². The van der Waals surface area contributed by atoms with Gasteiger partial charge in [-0.05, 0) is 118 Å². The van der Waals surface area contributed by atoms with Crippen LogP contribution in [-0.2, 0) is 37.6 Å². The maximum atomic E-state index is 14.4. The number of hydrogen-bond acceptors (Lipinski definition) is 19. The van der Waals surface area contributed by atoms with E-state index in [0.29, 0.717) is 42.0 Å². The monoisotopic (exact) mass is 1390 g/mol. The van der Waals surface area contributed by atoms with Gasteiger partial charge in [-0.25, -0.2) is 9.36 Å². The van der Waals surface area contributed by atoms with E-state index in [1.54, 1.807) is 53.9 Å². The molecule has 4 aromatic carbocycles. The maximum absolute atomic E-state index is 14.4. The highest BCUT2D eigenvalue weighted by atomic mass is 33.1. The lowest BCUT2D eigenvalue weighted by Crippen LogP contribution is -2.34. The highest BCUT2D eigenvalue weighted by Gasteiger charge is 2.40. The number of amides is 3. The van der Waals surface area contributed by atoms with Crippen LogP contribution in [0.3, 0.4) is 0 Å². The summed E-state index contributed by atoms with van der Waals surface area (Å²) in [7, 11) is 2.89. The molecule has 94 heavy (non-hydrogen) atoms. The standard InChI is InChI=1S/C67H85N6O16PS4/c1-11-19-45-35-55-52(32-42(45)3)62(53-33-43(4)54(68-12-2)36-56(53)88-55)50-25-13-14-26-51(50)65(78)72(9)29-18-23-48(74)22-17-28-70-63(76)46-20-15-24-49(34-46)85-41-61(93-94-67(6,7)8)84-31-30-83-40-59(75)69-27-16-21-47-38-73(66(79)71-64(47)77)60-37-57(87-44(5)92-91-10)58(89-60)39-86-90(80,81)82/h13-15,19-20,24-26,32-36,38,44,57-58,60-61,68H,11-12,17-18,22-23,27-31,37,39-41H2,1-10H3,(H,69,75)(H,70,76)(H,71,77,79)(H2,80,81,82)/b45-19-/t44-,57-,58-,60-,61?/m1/s1. The van der Waals surface area contributed by atoms with Gasteiger partial charge in [-0.15, -0.1) is 0 Å². The zero-order valence-corrected chi connectivity index (χ0v) is 58.8. The number of phosphoric ester groups is 1. The number of phosphoric acid groups is 1. The Morgan fingerprint density at radius 2 is 1.72 bits per heavy atom. The number of Topliss-reactive ketones (excluding diaryl/α,β-unsaturated/α-hetero) is 1. The van der Waals surface area contributed by atoms with Crippen molar-refractivity contribution in [3.8, 4) is 29.1 Å². The molecule has 3 amide bonds. The summed E-state index contributed by atoms with van der Waals surface area (Å²) in [5.41, 5.74) is 4.28. The molecule has 1 unspecified atom stereocenters. The van der Waals surface area contributed by atoms with Crippen LogP contribution in [-0.4, -0.2) is 148 Å². The van der Waals surface area contributed by atoms with Crippen LogP contribution >= 0.6 is 51.0 Å². The highest BCUT2D eigenvalue weighted by molar-refractivity contribution is 8.77. The average Bonchev–Trinajstić information content (AvgIpc) is 0.859. The molecule has 5 aromatic rings. The van der Waals surface area contributed by atoms with Crippen LogP contribution in [0, 0.1) is 25.7 Å². The number of ether oxygens (including phenoxy) is 6. The van der Waals surface area contributed by atoms with Gasteiger partial charge in [0.25, 0.3) is 17.4 Å². The summed E-state index contributed by atoms with van der Waals surface area (Å²) < 4.78 is 53.5. The van der Waals surface area contributed by atoms with E-state index in [4.69, 9.17) is 28.4 Å². The van der Waals surface area contributed by atoms with Gasteiger partial charge in [0.1, 0.15) is 65.0 Å². The normalized spacial score (nSPS) is 16.0. The number of H-pyrrole nitrogens is 1. The number of benzene rings is 4. The number of fused-ring (bicyclic) bond motifs is 2. The van der Waals surface area contributed by atoms with E-state index in [2.05, 4.69) is 110 Å². The molecule has 7 rings (SSSR count). The fourth-order valence-corrected chi connectivity index (χ4v) is 14.1. The Hall–Kier alpha value is -6.31. The summed E-state index contributed by atoms with van der Waals surface area (Å²) >= 11 is 0. The predicted octanol–water partition coefficient (Wildman–Crippen LogP) is 8.99. The van der Waals surface area contributed by atoms with Crippen molar-refractivity contribution in [3.05, 3.63) is 149 Å². The summed E-state index contributed by atoms with van der Waals surface area (Å²) in [6.45, 7) is 17.1. The fourth-order valence-electron chi connectivity index (χ4n) is 10.2. The highest BCUT2D eigenvalue weighted by Crippen LogP contribution is 2.43. The minimum Gasteiger partial charge on any atom is -0.490 e. The van der Waals surface area contributed by atoms with Gasteiger partial charge in [0.2, 0.25) is 5.91 Å². The van der Waals surface area contributed by atoms with E-state index in [1.165, 1.54) is 38.6 Å². The van der Waals surface area contributed by atoms with Gasteiger partial charge in [0.15, 0.2) is 0 Å². The van der Waals surface area contributed by atoms with Crippen molar-refractivity contribution in [2.45, 2.75) is 128 Å². The van der Waals surface area contributed by atoms with Crippen LogP contribution in [0.4, 0.5) is 5.69 Å². The number of carbonyl (C=O) groups is 4. The summed E-state index contributed by atoms with van der Waals surface area (Å²) in [5, 5.41) is 11.0. The third-order valence-electron chi connectivity index (χ3n) is 14.6. The van der Waals surface area contributed by atoms with Crippen molar-refractivity contribution >= 4 is 91.8 Å². The first kappa shape index (κ1) is 75.1. The minimum atomic E-state index is -4.84. The van der Waals surface area contributed by atoms with Crippen molar-refractivity contribution in [2.24, 2.45) is 0 Å². The molecule has 27 heteroatoms. The van der Waals surface area contributed by atoms with E-state index >= 15 is 0 Å². The SMILES string of the molecule is CC/C=c1/cc2c(cc1C)=C(c1ccccc1C(=O)N(C)CCCC(=O)CCCNC(=O)c1cccc(OCC(OCCOCC(=O)NCC#Cc3cn([C@H]4C[C@@H](O[C@@H](C)SSC)[C@@H](COP(=O)(O)O)O4)c(=O)[nH]c3=O)SSC(C)(C)C)c1)c1cc(C)c(NCC)cc1O2. The van der Waals surface area contributed by atoms with E-state index in [9.17, 15) is 43.1 Å². The van der Waals surface area contributed by atoms with Crippen LogP contribution in [0.2, 0.25) is 0 Å². The van der Waals surface area contributed by atoms with Crippen LogP contribution in [0.1, 0.15) is 135 Å². The van der Waals surface area contributed by atoms with Crippen LogP contribution < -0.4 is 47.1 Å². The van der Waals surface area contributed by atoms with Gasteiger partial charge < -0.3 is 59.1 Å². The van der Waals surface area contributed by atoms with Crippen molar-refractivity contribution in [2.75, 3.05) is 77.8 Å². The van der Waals surface area contributed by atoms with Gasteiger partial charge in [0.05, 0.1) is 32.5 Å². The predicted molar refractivity (Wildman–Crippen MR) is 372 cm³/mol. The van der Waals surface area contributed by atoms with E-state index in [-0.39, 0.29) is 92.1 Å². The van der Waals surface area contributed by atoms with Gasteiger partial charge in [-0.1, -0.05) is 113 Å². The van der Waals surface area contributed by atoms with Gasteiger partial charge in [-0.2, -0.15) is 0 Å². The van der Waals surface area contributed by atoms with Crippen LogP contribution in [0.25, 0.3) is 11.6 Å². The number of aromatic nitrogens is 2. The first-order chi connectivity index (χ1) is 44.8. The molecule has 5 atom stereocenters. The molecule has 1 fully saturated rings. The van der Waals surface area contributed by atoms with Gasteiger partial charge in [0, 0.05) is 96.1 Å². The Balaban J connectivity index is 0.828. The maximum Gasteiger partial charge on any atom is 0.469 e. The molecule has 0 spiro atoms. The number of aromatic amines is 1. The largest absolute Gasteiger partial charge is 0.490 e. The zero-order chi connectivity index (χ0) is 68.1. The number of nitrogens with zero attached hydrogens (tertiary/aromatic N) is 2. The van der Waals surface area contributed by atoms with E-state index in [1.807, 2.05) is 36.6 Å². The lowest BCUT2D eigenvalue weighted by molar-refractivity contribution is -0.126. The first-order valence-electron chi connectivity index (χ1n) is 31.0. The van der Waals surface area contributed by atoms with Gasteiger partial charge in [-0.3, -0.25) is 38.0 Å². The Morgan fingerprint density at radius 3 is 2.47 bits per heavy atom. The Labute approximate surface area is 564 Å². The Kier molecular flexibility index (Phi) is 28.9. The minimum absolute atomic E-state index is 0.0411. The van der Waals surface area contributed by atoms with Crippen molar-refractivity contribution < 1.29 is 66.5 Å². The van der Waals surface area contributed by atoms with E-state index in [0.717, 1.165) is 67.2 Å². The molecule has 1 saturated heterocycles. The molecule has 3 heterocycles. The third kappa shape index (κ3) is 22.7. The smallest absolute Gasteiger partial charge is 0.469 e. The van der Waals surface area contributed by atoms with Crippen LogP contribution in [0.5, 0.6) is 17.2 Å². The molecule has 1 aromatic heterocycles. The van der Waals surface area contributed by atoms with Gasteiger partial charge >= 0.3 is 13.5 Å². The number of nitrogens with one attached hydrogen (secondary N) is 4. The Bertz CT molecular complexity index is 3850. The molecule has 0 saturated carbocycles. The van der Waals surface area contributed by atoms with Crippen molar-refractivity contribution in [1.29, 1.82) is 0 Å². The second kappa shape index (κ2) is 36.2. The molecular formula is C67H85N6O16PS4. The Morgan fingerprint density at radius 1 is 0.947 bits per heavy atom. The average molecular weight is 1390 g/mol. The molecular weight excluding hydrogens is 1300 g/mol. The van der Waals surface area contributed by atoms with E-state index < -0.39 is 55.5 Å². The number of rotatable bonds is 34. The molecule has 0 radical (unpaired) electrons. The zero-order valence-electron chi connectivity index (χ0n) is 54.7. The summed E-state index contributed by atoms with van der Waals surface area (Å²) in [5.74, 6) is 6.34.